The molecule has 2 aromatic rings. The monoisotopic (exact) mass is 461 g/mol. The lowest BCUT2D eigenvalue weighted by molar-refractivity contribution is -0.126. The molecule has 1 unspecified atom stereocenters. The maximum absolute atomic E-state index is 12.6. The minimum atomic E-state index is -3.45. The number of nitrogens with zero attached hydrogens (tertiary/aromatic N) is 2. The highest BCUT2D eigenvalue weighted by Crippen LogP contribution is 2.26. The molecule has 2 saturated heterocycles. The first kappa shape index (κ1) is 21.8. The topological polar surface area (TPSA) is 86.8 Å². The van der Waals surface area contributed by atoms with Crippen LogP contribution in [0, 0.1) is 5.92 Å². The quantitative estimate of drug-likeness (QED) is 0.716. The van der Waals surface area contributed by atoms with Crippen molar-refractivity contribution in [2.24, 2.45) is 5.92 Å². The van der Waals surface area contributed by atoms with Gasteiger partial charge in [0.1, 0.15) is 0 Å². The lowest BCUT2D eigenvalue weighted by atomic mass is 10.1. The van der Waals surface area contributed by atoms with Gasteiger partial charge >= 0.3 is 0 Å². The van der Waals surface area contributed by atoms with Crippen molar-refractivity contribution in [1.82, 2.24) is 9.62 Å². The van der Waals surface area contributed by atoms with Crippen LogP contribution in [0.25, 0.3) is 0 Å². The predicted octanol–water partition coefficient (Wildman–Crippen LogP) is 2.79. The molecule has 4 rings (SSSR count). The fourth-order valence-corrected chi connectivity index (χ4v) is 5.59. The number of nitrogens with one attached hydrogen (secondary N) is 1. The lowest BCUT2D eigenvalue weighted by Gasteiger charge is -2.17. The number of sulfonamides is 1. The van der Waals surface area contributed by atoms with E-state index >= 15 is 0 Å². The van der Waals surface area contributed by atoms with Gasteiger partial charge in [-0.1, -0.05) is 23.7 Å². The smallest absolute Gasteiger partial charge is 0.243 e. The highest BCUT2D eigenvalue weighted by atomic mass is 35.5. The molecule has 0 saturated carbocycles. The normalized spacial score (nSPS) is 19.7. The van der Waals surface area contributed by atoms with Crippen LogP contribution in [0.2, 0.25) is 5.02 Å². The molecular formula is C22H24ClN3O4S. The SMILES string of the molecule is O=C(NCc1ccc(S(=O)(=O)N2CCCC2)cc1)C1CC(=O)N(c2ccc(Cl)cc2)C1. The summed E-state index contributed by atoms with van der Waals surface area (Å²) in [5.74, 6) is -0.726. The Morgan fingerprint density at radius 1 is 1.03 bits per heavy atom. The molecule has 0 aliphatic carbocycles. The zero-order valence-corrected chi connectivity index (χ0v) is 18.5. The zero-order chi connectivity index (χ0) is 22.0. The molecule has 0 bridgehead atoms. The summed E-state index contributed by atoms with van der Waals surface area (Å²) in [6.45, 7) is 1.72. The molecule has 0 spiro atoms. The van der Waals surface area contributed by atoms with Crippen LogP contribution in [0.5, 0.6) is 0 Å². The summed E-state index contributed by atoms with van der Waals surface area (Å²) in [4.78, 5) is 26.8. The molecule has 1 atom stereocenters. The van der Waals surface area contributed by atoms with Crippen LogP contribution in [0.1, 0.15) is 24.8 Å². The van der Waals surface area contributed by atoms with Crippen molar-refractivity contribution in [3.8, 4) is 0 Å². The molecular weight excluding hydrogens is 438 g/mol. The van der Waals surface area contributed by atoms with Crippen molar-refractivity contribution in [3.63, 3.8) is 0 Å². The molecule has 31 heavy (non-hydrogen) atoms. The number of carbonyl (C=O) groups excluding carboxylic acids is 2. The molecule has 1 N–H and O–H groups in total. The van der Waals surface area contributed by atoms with Crippen LogP contribution in [0.4, 0.5) is 5.69 Å². The Morgan fingerprint density at radius 2 is 1.68 bits per heavy atom. The lowest BCUT2D eigenvalue weighted by Crippen LogP contribution is -2.32. The van der Waals surface area contributed by atoms with Crippen LogP contribution in [0.3, 0.4) is 0 Å². The molecule has 0 aromatic heterocycles. The third kappa shape index (κ3) is 4.76. The fourth-order valence-electron chi connectivity index (χ4n) is 3.94. The molecule has 2 aromatic carbocycles. The Balaban J connectivity index is 1.33. The maximum atomic E-state index is 12.6. The highest BCUT2D eigenvalue weighted by molar-refractivity contribution is 7.89. The van der Waals surface area contributed by atoms with E-state index in [4.69, 9.17) is 11.6 Å². The van der Waals surface area contributed by atoms with E-state index in [1.807, 2.05) is 0 Å². The van der Waals surface area contributed by atoms with Crippen molar-refractivity contribution in [3.05, 3.63) is 59.1 Å². The number of hydrogen-bond donors (Lipinski definition) is 1. The third-order valence-corrected chi connectivity index (χ3v) is 7.89. The largest absolute Gasteiger partial charge is 0.352 e. The van der Waals surface area contributed by atoms with Gasteiger partial charge < -0.3 is 10.2 Å². The van der Waals surface area contributed by atoms with Gasteiger partial charge in [0.2, 0.25) is 21.8 Å². The molecule has 2 amide bonds. The van der Waals surface area contributed by atoms with E-state index in [2.05, 4.69) is 5.32 Å². The molecule has 2 aliphatic rings. The van der Waals surface area contributed by atoms with Crippen LogP contribution >= 0.6 is 11.6 Å². The molecule has 164 valence electrons. The van der Waals surface area contributed by atoms with Gasteiger partial charge in [-0.25, -0.2) is 8.42 Å². The second kappa shape index (κ2) is 8.98. The van der Waals surface area contributed by atoms with Gasteiger partial charge in [0, 0.05) is 43.3 Å². The zero-order valence-electron chi connectivity index (χ0n) is 17.0. The van der Waals surface area contributed by atoms with Crippen molar-refractivity contribution in [2.45, 2.75) is 30.7 Å². The first-order valence-corrected chi connectivity index (χ1v) is 12.1. The molecule has 2 fully saturated rings. The predicted molar refractivity (Wildman–Crippen MR) is 118 cm³/mol. The number of rotatable bonds is 6. The number of anilines is 1. The van der Waals surface area contributed by atoms with Crippen molar-refractivity contribution >= 4 is 39.1 Å². The van der Waals surface area contributed by atoms with Gasteiger partial charge in [0.15, 0.2) is 0 Å². The van der Waals surface area contributed by atoms with E-state index in [-0.39, 0.29) is 29.7 Å². The summed E-state index contributed by atoms with van der Waals surface area (Å²) in [5, 5.41) is 3.44. The molecule has 0 radical (unpaired) electrons. The summed E-state index contributed by atoms with van der Waals surface area (Å²) < 4.78 is 26.7. The Labute approximate surface area is 187 Å². The summed E-state index contributed by atoms with van der Waals surface area (Å²) in [6.07, 6.45) is 1.94. The van der Waals surface area contributed by atoms with Crippen molar-refractivity contribution in [2.75, 3.05) is 24.5 Å². The van der Waals surface area contributed by atoms with Crippen LogP contribution in [0.15, 0.2) is 53.4 Å². The standard InChI is InChI=1S/C22H24ClN3O4S/c23-18-5-7-19(8-6-18)26-15-17(13-21(26)27)22(28)24-14-16-3-9-20(10-4-16)31(29,30)25-11-1-2-12-25/h3-10,17H,1-2,11-15H2,(H,24,28). The van der Waals surface area contributed by atoms with E-state index < -0.39 is 15.9 Å². The minimum absolute atomic E-state index is 0.0982. The fraction of sp³-hybridized carbons (Fsp3) is 0.364. The molecule has 2 heterocycles. The number of benzene rings is 2. The van der Waals surface area contributed by atoms with E-state index in [1.165, 1.54) is 4.31 Å². The number of hydrogen-bond acceptors (Lipinski definition) is 4. The second-order valence-electron chi connectivity index (χ2n) is 7.85. The average Bonchev–Trinajstić information content (AvgIpc) is 3.44. The second-order valence-corrected chi connectivity index (χ2v) is 10.2. The Kier molecular flexibility index (Phi) is 6.31. The van der Waals surface area contributed by atoms with Gasteiger partial charge in [-0.2, -0.15) is 4.31 Å². The molecule has 9 heteroatoms. The van der Waals surface area contributed by atoms with Gasteiger partial charge in [0.25, 0.3) is 0 Å². The minimum Gasteiger partial charge on any atom is -0.352 e. The maximum Gasteiger partial charge on any atom is 0.243 e. The Hall–Kier alpha value is -2.42. The van der Waals surface area contributed by atoms with Crippen molar-refractivity contribution in [1.29, 1.82) is 0 Å². The Morgan fingerprint density at radius 3 is 2.32 bits per heavy atom. The van der Waals surface area contributed by atoms with E-state index in [9.17, 15) is 18.0 Å². The molecule has 7 nitrogen and oxygen atoms in total. The number of carbonyl (C=O) groups is 2. The van der Waals surface area contributed by atoms with Gasteiger partial charge in [0.05, 0.1) is 10.8 Å². The molecule has 2 aliphatic heterocycles. The van der Waals surface area contributed by atoms with E-state index in [1.54, 1.807) is 53.4 Å². The third-order valence-electron chi connectivity index (χ3n) is 5.73. The summed E-state index contributed by atoms with van der Waals surface area (Å²) >= 11 is 5.90. The summed E-state index contributed by atoms with van der Waals surface area (Å²) in [5.41, 5.74) is 1.52. The number of halogens is 1. The average molecular weight is 462 g/mol. The van der Waals surface area contributed by atoms with E-state index in [0.717, 1.165) is 24.1 Å². The first-order chi connectivity index (χ1) is 14.8. The van der Waals surface area contributed by atoms with Gasteiger partial charge in [-0.05, 0) is 54.8 Å². The van der Waals surface area contributed by atoms with E-state index in [0.29, 0.717) is 24.7 Å². The van der Waals surface area contributed by atoms with Crippen molar-refractivity contribution < 1.29 is 18.0 Å². The highest BCUT2D eigenvalue weighted by Gasteiger charge is 2.35. The Bertz CT molecular complexity index is 1060. The van der Waals surface area contributed by atoms with Gasteiger partial charge in [-0.15, -0.1) is 0 Å². The van der Waals surface area contributed by atoms with Crippen LogP contribution < -0.4 is 10.2 Å². The summed E-state index contributed by atoms with van der Waals surface area (Å²) in [6, 6.07) is 13.5. The van der Waals surface area contributed by atoms with Gasteiger partial charge in [-0.3, -0.25) is 9.59 Å². The first-order valence-electron chi connectivity index (χ1n) is 10.3. The van der Waals surface area contributed by atoms with Crippen LogP contribution in [-0.4, -0.2) is 44.2 Å². The van der Waals surface area contributed by atoms with Crippen LogP contribution in [-0.2, 0) is 26.2 Å². The summed E-state index contributed by atoms with van der Waals surface area (Å²) in [7, 11) is -3.45. The number of amides is 2.